The van der Waals surface area contributed by atoms with E-state index in [2.05, 4.69) is 9.97 Å². The fourth-order valence-corrected chi connectivity index (χ4v) is 2.07. The molecule has 110 valence electrons. The number of nitrogens with one attached hydrogen (secondary N) is 1. The summed E-state index contributed by atoms with van der Waals surface area (Å²) in [6.45, 7) is 2.40. The van der Waals surface area contributed by atoms with Gasteiger partial charge in [0.2, 0.25) is 5.91 Å². The second-order valence-corrected chi connectivity index (χ2v) is 4.85. The number of hydrogen-bond donors (Lipinski definition) is 2. The van der Waals surface area contributed by atoms with Crippen LogP contribution >= 0.6 is 12.4 Å². The summed E-state index contributed by atoms with van der Waals surface area (Å²) in [4.78, 5) is 21.1. The molecular weight excluding hydrogens is 276 g/mol. The lowest BCUT2D eigenvalue weighted by Gasteiger charge is -2.18. The molecule has 0 radical (unpaired) electrons. The Labute approximate surface area is 125 Å². The van der Waals surface area contributed by atoms with Crippen molar-refractivity contribution < 1.29 is 4.79 Å². The molecule has 0 spiro atoms. The number of benzene rings is 1. The lowest BCUT2D eigenvalue weighted by atomic mass is 10.2. The summed E-state index contributed by atoms with van der Waals surface area (Å²) in [5, 5.41) is 0. The average molecular weight is 297 g/mol. The van der Waals surface area contributed by atoms with Gasteiger partial charge in [-0.25, -0.2) is 4.98 Å². The van der Waals surface area contributed by atoms with Crippen LogP contribution in [0.4, 0.5) is 0 Å². The number of H-pyrrole nitrogens is 1. The summed E-state index contributed by atoms with van der Waals surface area (Å²) in [5.41, 5.74) is 7.60. The smallest absolute Gasteiger partial charge is 0.238 e. The monoisotopic (exact) mass is 296 g/mol. The Morgan fingerprint density at radius 1 is 1.45 bits per heavy atom. The maximum Gasteiger partial charge on any atom is 0.238 e. The van der Waals surface area contributed by atoms with E-state index in [9.17, 15) is 4.79 Å². The van der Waals surface area contributed by atoms with E-state index < -0.39 is 6.04 Å². The Hall–Kier alpha value is -1.59. The van der Waals surface area contributed by atoms with Gasteiger partial charge in [0.05, 0.1) is 17.1 Å². The van der Waals surface area contributed by atoms with E-state index in [1.54, 1.807) is 18.9 Å². The zero-order valence-corrected chi connectivity index (χ0v) is 12.6. The molecule has 1 aromatic carbocycles. The average Bonchev–Trinajstić information content (AvgIpc) is 2.80. The first-order valence-corrected chi connectivity index (χ1v) is 6.52. The molecule has 0 saturated carbocycles. The topological polar surface area (TPSA) is 75.0 Å². The molecule has 1 heterocycles. The van der Waals surface area contributed by atoms with Crippen LogP contribution in [0.2, 0.25) is 0 Å². The normalized spacial score (nSPS) is 11.9. The van der Waals surface area contributed by atoms with Crippen molar-refractivity contribution in [2.24, 2.45) is 5.73 Å². The first-order valence-electron chi connectivity index (χ1n) is 6.52. The molecule has 5 nitrogen and oxygen atoms in total. The molecule has 0 fully saturated rings. The number of rotatable bonds is 5. The number of amides is 1. The Bertz CT molecular complexity index is 534. The zero-order valence-electron chi connectivity index (χ0n) is 11.8. The third kappa shape index (κ3) is 3.95. The minimum Gasteiger partial charge on any atom is -0.344 e. The number of nitrogens with zero attached hydrogens (tertiary/aromatic N) is 2. The number of hydrogen-bond acceptors (Lipinski definition) is 3. The number of aromatic amines is 1. The molecule has 0 aliphatic carbocycles. The molecule has 6 heteroatoms. The number of carbonyl (C=O) groups is 1. The molecule has 1 unspecified atom stereocenters. The molecule has 1 atom stereocenters. The first kappa shape index (κ1) is 16.5. The summed E-state index contributed by atoms with van der Waals surface area (Å²) < 4.78 is 0. The molecule has 0 bridgehead atoms. The summed E-state index contributed by atoms with van der Waals surface area (Å²) in [6, 6.07) is 7.52. The van der Waals surface area contributed by atoms with E-state index in [1.807, 2.05) is 24.3 Å². The summed E-state index contributed by atoms with van der Waals surface area (Å²) in [6.07, 6.45) is 1.69. The van der Waals surface area contributed by atoms with Crippen molar-refractivity contribution in [3.63, 3.8) is 0 Å². The third-order valence-electron chi connectivity index (χ3n) is 3.11. The van der Waals surface area contributed by atoms with Gasteiger partial charge in [-0.3, -0.25) is 4.79 Å². The highest BCUT2D eigenvalue weighted by Crippen LogP contribution is 2.11. The fraction of sp³-hybridized carbons (Fsp3) is 0.429. The van der Waals surface area contributed by atoms with Crippen molar-refractivity contribution in [1.29, 1.82) is 0 Å². The van der Waals surface area contributed by atoms with E-state index in [-0.39, 0.29) is 18.3 Å². The number of carbonyl (C=O) groups excluding carboxylic acids is 1. The van der Waals surface area contributed by atoms with Crippen molar-refractivity contribution in [1.82, 2.24) is 14.9 Å². The largest absolute Gasteiger partial charge is 0.344 e. The minimum atomic E-state index is -0.434. The molecule has 1 aromatic heterocycles. The van der Waals surface area contributed by atoms with Crippen LogP contribution in [0, 0.1) is 0 Å². The van der Waals surface area contributed by atoms with Crippen LogP contribution in [0.5, 0.6) is 0 Å². The molecular formula is C14H21ClN4O. The van der Waals surface area contributed by atoms with Crippen LogP contribution in [0.15, 0.2) is 24.3 Å². The standard InChI is InChI=1S/C14H20N4O.ClH/c1-10(15)14(19)18(2)9-5-8-13-16-11-6-3-4-7-12(11)17-13;/h3-4,6-7,10H,5,8-9,15H2,1-2H3,(H,16,17);1H. The molecule has 0 aliphatic rings. The SMILES string of the molecule is CC(N)C(=O)N(C)CCCc1nc2ccccc2[nH]1.Cl. The van der Waals surface area contributed by atoms with Crippen molar-refractivity contribution >= 4 is 29.3 Å². The highest BCUT2D eigenvalue weighted by Gasteiger charge is 2.12. The van der Waals surface area contributed by atoms with E-state index in [0.29, 0.717) is 6.54 Å². The van der Waals surface area contributed by atoms with E-state index in [0.717, 1.165) is 29.7 Å². The summed E-state index contributed by atoms with van der Waals surface area (Å²) in [7, 11) is 1.78. The van der Waals surface area contributed by atoms with Gasteiger partial charge < -0.3 is 15.6 Å². The van der Waals surface area contributed by atoms with Gasteiger partial charge in [0.15, 0.2) is 0 Å². The number of aryl methyl sites for hydroxylation is 1. The quantitative estimate of drug-likeness (QED) is 0.882. The molecule has 3 N–H and O–H groups in total. The second kappa shape index (κ2) is 7.26. The number of para-hydroxylation sites is 2. The number of likely N-dealkylation sites (N-methyl/N-ethyl adjacent to an activating group) is 1. The minimum absolute atomic E-state index is 0. The van der Waals surface area contributed by atoms with Crippen LogP contribution in [-0.4, -0.2) is 40.4 Å². The Kier molecular flexibility index (Phi) is 5.98. The van der Waals surface area contributed by atoms with Crippen LogP contribution in [0.1, 0.15) is 19.2 Å². The first-order chi connectivity index (χ1) is 9.08. The number of aromatic nitrogens is 2. The maximum absolute atomic E-state index is 11.6. The van der Waals surface area contributed by atoms with E-state index >= 15 is 0 Å². The Balaban J connectivity index is 0.00000200. The third-order valence-corrected chi connectivity index (χ3v) is 3.11. The molecule has 1 amide bonds. The van der Waals surface area contributed by atoms with Crippen molar-refractivity contribution in [2.45, 2.75) is 25.8 Å². The number of fused-ring (bicyclic) bond motifs is 1. The lowest BCUT2D eigenvalue weighted by Crippen LogP contribution is -2.40. The highest BCUT2D eigenvalue weighted by molar-refractivity contribution is 5.85. The fourth-order valence-electron chi connectivity index (χ4n) is 2.07. The Morgan fingerprint density at radius 2 is 2.15 bits per heavy atom. The molecule has 2 rings (SSSR count). The maximum atomic E-state index is 11.6. The highest BCUT2D eigenvalue weighted by atomic mass is 35.5. The van der Waals surface area contributed by atoms with Gasteiger partial charge >= 0.3 is 0 Å². The predicted molar refractivity (Wildman–Crippen MR) is 82.9 cm³/mol. The van der Waals surface area contributed by atoms with Gasteiger partial charge in [0.1, 0.15) is 5.82 Å². The van der Waals surface area contributed by atoms with E-state index in [4.69, 9.17) is 5.73 Å². The summed E-state index contributed by atoms with van der Waals surface area (Å²) >= 11 is 0. The molecule has 0 saturated heterocycles. The van der Waals surface area contributed by atoms with Crippen molar-refractivity contribution in [3.8, 4) is 0 Å². The van der Waals surface area contributed by atoms with Gasteiger partial charge in [0, 0.05) is 20.0 Å². The predicted octanol–water partition coefficient (Wildman–Crippen LogP) is 1.72. The van der Waals surface area contributed by atoms with Gasteiger partial charge in [0.25, 0.3) is 0 Å². The molecule has 0 aliphatic heterocycles. The van der Waals surface area contributed by atoms with Crippen LogP contribution in [-0.2, 0) is 11.2 Å². The number of imidazole rings is 1. The lowest BCUT2D eigenvalue weighted by molar-refractivity contribution is -0.130. The van der Waals surface area contributed by atoms with Gasteiger partial charge in [-0.05, 0) is 25.5 Å². The van der Waals surface area contributed by atoms with Crippen molar-refractivity contribution in [2.75, 3.05) is 13.6 Å². The zero-order chi connectivity index (χ0) is 13.8. The number of nitrogens with two attached hydrogens (primary N) is 1. The van der Waals surface area contributed by atoms with Crippen molar-refractivity contribution in [3.05, 3.63) is 30.1 Å². The van der Waals surface area contributed by atoms with Crippen LogP contribution < -0.4 is 5.73 Å². The van der Waals surface area contributed by atoms with Crippen LogP contribution in [0.25, 0.3) is 11.0 Å². The molecule has 2 aromatic rings. The molecule has 20 heavy (non-hydrogen) atoms. The number of halogens is 1. The van der Waals surface area contributed by atoms with E-state index in [1.165, 1.54) is 0 Å². The Morgan fingerprint density at radius 3 is 2.80 bits per heavy atom. The second-order valence-electron chi connectivity index (χ2n) is 4.85. The van der Waals surface area contributed by atoms with Gasteiger partial charge in [-0.1, -0.05) is 12.1 Å². The van der Waals surface area contributed by atoms with Crippen LogP contribution in [0.3, 0.4) is 0 Å². The van der Waals surface area contributed by atoms with Gasteiger partial charge in [-0.2, -0.15) is 0 Å². The van der Waals surface area contributed by atoms with Gasteiger partial charge in [-0.15, -0.1) is 12.4 Å². The summed E-state index contributed by atoms with van der Waals surface area (Å²) in [5.74, 6) is 0.937.